The summed E-state index contributed by atoms with van der Waals surface area (Å²) < 4.78 is 32.4. The molecule has 21 heavy (non-hydrogen) atoms. The van der Waals surface area contributed by atoms with Crippen molar-refractivity contribution in [3.8, 4) is 0 Å². The van der Waals surface area contributed by atoms with Crippen LogP contribution >= 0.6 is 0 Å². The lowest BCUT2D eigenvalue weighted by Gasteiger charge is -2.39. The molecule has 0 saturated heterocycles. The van der Waals surface area contributed by atoms with Gasteiger partial charge in [-0.3, -0.25) is 0 Å². The first-order valence-electron chi connectivity index (χ1n) is 7.86. The number of halogens is 2. The maximum atomic E-state index is 13.2. The van der Waals surface area contributed by atoms with Crippen LogP contribution in [0.3, 0.4) is 0 Å². The molecule has 4 heteroatoms. The van der Waals surface area contributed by atoms with Crippen molar-refractivity contribution < 1.29 is 13.5 Å². The number of rotatable bonds is 6. The third-order valence-corrected chi connectivity index (χ3v) is 4.55. The summed E-state index contributed by atoms with van der Waals surface area (Å²) in [7, 11) is 0. The Kier molecular flexibility index (Phi) is 5.71. The lowest BCUT2D eigenvalue weighted by atomic mass is 9.77. The molecule has 1 aromatic carbocycles. The van der Waals surface area contributed by atoms with E-state index in [4.69, 9.17) is 10.5 Å². The van der Waals surface area contributed by atoms with Crippen molar-refractivity contribution in [2.75, 3.05) is 6.54 Å². The van der Waals surface area contributed by atoms with Crippen LogP contribution in [0, 0.1) is 17.6 Å². The van der Waals surface area contributed by atoms with Gasteiger partial charge in [0.25, 0.3) is 0 Å². The molecule has 0 aliphatic heterocycles. The van der Waals surface area contributed by atoms with Gasteiger partial charge >= 0.3 is 0 Å². The normalized spacial score (nSPS) is 26.0. The molecule has 2 rings (SSSR count). The van der Waals surface area contributed by atoms with Gasteiger partial charge in [-0.2, -0.15) is 0 Å². The predicted octanol–water partition coefficient (Wildman–Crippen LogP) is 4.17. The minimum absolute atomic E-state index is 0.213. The van der Waals surface area contributed by atoms with Crippen LogP contribution < -0.4 is 5.73 Å². The van der Waals surface area contributed by atoms with Crippen molar-refractivity contribution in [1.29, 1.82) is 0 Å². The Morgan fingerprint density at radius 2 is 1.81 bits per heavy atom. The summed E-state index contributed by atoms with van der Waals surface area (Å²) in [5, 5.41) is 0. The number of nitrogens with two attached hydrogens (primary N) is 1. The smallest absolute Gasteiger partial charge is 0.126 e. The minimum Gasteiger partial charge on any atom is -0.369 e. The second-order valence-electron chi connectivity index (χ2n) is 6.19. The highest BCUT2D eigenvalue weighted by atomic mass is 19.1. The molecule has 0 bridgehead atoms. The molecule has 0 heterocycles. The van der Waals surface area contributed by atoms with Gasteiger partial charge in [-0.05, 0) is 49.3 Å². The van der Waals surface area contributed by atoms with E-state index in [0.29, 0.717) is 12.1 Å². The third-order valence-electron chi connectivity index (χ3n) is 4.55. The van der Waals surface area contributed by atoms with E-state index in [1.807, 2.05) is 0 Å². The molecular formula is C17H25F2NO. The first-order chi connectivity index (χ1) is 10.1. The van der Waals surface area contributed by atoms with Gasteiger partial charge in [0.2, 0.25) is 0 Å². The van der Waals surface area contributed by atoms with Gasteiger partial charge in [-0.1, -0.05) is 19.8 Å². The molecule has 0 radical (unpaired) electrons. The van der Waals surface area contributed by atoms with Gasteiger partial charge in [0.1, 0.15) is 11.6 Å². The van der Waals surface area contributed by atoms with E-state index in [1.165, 1.54) is 25.0 Å². The van der Waals surface area contributed by atoms with Crippen molar-refractivity contribution >= 4 is 0 Å². The third kappa shape index (κ3) is 4.48. The Hall–Kier alpha value is -1.00. The minimum atomic E-state index is -0.568. The van der Waals surface area contributed by atoms with Gasteiger partial charge in [-0.15, -0.1) is 0 Å². The first-order valence-corrected chi connectivity index (χ1v) is 7.86. The van der Waals surface area contributed by atoms with Gasteiger partial charge in [-0.25, -0.2) is 8.78 Å². The Balaban J connectivity index is 1.93. The molecule has 1 aliphatic rings. The molecule has 0 aromatic heterocycles. The number of benzene rings is 1. The maximum Gasteiger partial charge on any atom is 0.126 e. The fourth-order valence-electron chi connectivity index (χ4n) is 3.24. The molecular weight excluding hydrogens is 272 g/mol. The molecule has 2 N–H and O–H groups in total. The van der Waals surface area contributed by atoms with Crippen LogP contribution in [0.4, 0.5) is 8.78 Å². The summed E-state index contributed by atoms with van der Waals surface area (Å²) in [6.07, 6.45) is 6.60. The highest BCUT2D eigenvalue weighted by Gasteiger charge is 2.34. The van der Waals surface area contributed by atoms with Gasteiger partial charge in [0, 0.05) is 12.6 Å². The van der Waals surface area contributed by atoms with Crippen LogP contribution in [0.1, 0.15) is 51.0 Å². The van der Waals surface area contributed by atoms with Crippen molar-refractivity contribution in [1.82, 2.24) is 0 Å². The van der Waals surface area contributed by atoms with Crippen LogP contribution in [0.2, 0.25) is 0 Å². The van der Waals surface area contributed by atoms with Crippen LogP contribution in [-0.2, 0) is 11.3 Å². The lowest BCUT2D eigenvalue weighted by molar-refractivity contribution is -0.0817. The van der Waals surface area contributed by atoms with Gasteiger partial charge in [0.05, 0.1) is 12.2 Å². The first kappa shape index (κ1) is 16.4. The molecule has 1 aromatic rings. The second kappa shape index (κ2) is 7.32. The van der Waals surface area contributed by atoms with E-state index in [9.17, 15) is 8.78 Å². The molecule has 0 atom stereocenters. The molecule has 0 unspecified atom stereocenters. The summed E-state index contributed by atoms with van der Waals surface area (Å²) in [6.45, 7) is 2.88. The van der Waals surface area contributed by atoms with Crippen LogP contribution in [0.25, 0.3) is 0 Å². The molecule has 118 valence electrons. The van der Waals surface area contributed by atoms with E-state index in [0.717, 1.165) is 37.7 Å². The zero-order valence-electron chi connectivity index (χ0n) is 12.7. The Morgan fingerprint density at radius 3 is 2.33 bits per heavy atom. The van der Waals surface area contributed by atoms with Crippen LogP contribution in [0.15, 0.2) is 18.2 Å². The van der Waals surface area contributed by atoms with Crippen LogP contribution in [0.5, 0.6) is 0 Å². The predicted molar refractivity (Wildman–Crippen MR) is 79.8 cm³/mol. The molecule has 0 spiro atoms. The molecule has 0 amide bonds. The summed E-state index contributed by atoms with van der Waals surface area (Å²) in [4.78, 5) is 0. The summed E-state index contributed by atoms with van der Waals surface area (Å²) in [5.74, 6) is -0.367. The number of hydrogen-bond donors (Lipinski definition) is 1. The standard InChI is InChI=1S/C17H25F2NO/c1-2-3-13-4-6-17(12-20,7-5-13)21-11-14-8-15(18)10-16(19)9-14/h8-10,13H,2-7,11-12,20H2,1H3. The maximum absolute atomic E-state index is 13.2. The zero-order valence-corrected chi connectivity index (χ0v) is 12.7. The van der Waals surface area contributed by atoms with Gasteiger partial charge < -0.3 is 10.5 Å². The van der Waals surface area contributed by atoms with E-state index < -0.39 is 11.6 Å². The van der Waals surface area contributed by atoms with E-state index in [1.54, 1.807) is 0 Å². The lowest BCUT2D eigenvalue weighted by Crippen LogP contribution is -2.43. The number of ether oxygens (including phenoxy) is 1. The summed E-state index contributed by atoms with van der Waals surface area (Å²) in [6, 6.07) is 3.50. The topological polar surface area (TPSA) is 35.2 Å². The largest absolute Gasteiger partial charge is 0.369 e. The van der Waals surface area contributed by atoms with Crippen molar-refractivity contribution in [2.24, 2.45) is 11.7 Å². The van der Waals surface area contributed by atoms with Crippen molar-refractivity contribution in [2.45, 2.75) is 57.7 Å². The quantitative estimate of drug-likeness (QED) is 0.855. The Labute approximate surface area is 125 Å². The van der Waals surface area contributed by atoms with Gasteiger partial charge in [0.15, 0.2) is 0 Å². The molecule has 2 nitrogen and oxygen atoms in total. The molecule has 1 fully saturated rings. The van der Waals surface area contributed by atoms with Crippen molar-refractivity contribution in [3.05, 3.63) is 35.4 Å². The molecule has 1 saturated carbocycles. The van der Waals surface area contributed by atoms with E-state index in [2.05, 4.69) is 6.92 Å². The second-order valence-corrected chi connectivity index (χ2v) is 6.19. The fourth-order valence-corrected chi connectivity index (χ4v) is 3.24. The monoisotopic (exact) mass is 297 g/mol. The SMILES string of the molecule is CCCC1CCC(CN)(OCc2cc(F)cc(F)c2)CC1. The zero-order chi connectivity index (χ0) is 15.3. The number of hydrogen-bond acceptors (Lipinski definition) is 2. The molecule has 1 aliphatic carbocycles. The van der Waals surface area contributed by atoms with Crippen LogP contribution in [-0.4, -0.2) is 12.1 Å². The van der Waals surface area contributed by atoms with E-state index >= 15 is 0 Å². The van der Waals surface area contributed by atoms with E-state index in [-0.39, 0.29) is 12.2 Å². The fraction of sp³-hybridized carbons (Fsp3) is 0.647. The Morgan fingerprint density at radius 1 is 1.19 bits per heavy atom. The Bertz CT molecular complexity index is 436. The average Bonchev–Trinajstić information content (AvgIpc) is 2.46. The summed E-state index contributed by atoms with van der Waals surface area (Å²) >= 11 is 0. The van der Waals surface area contributed by atoms with Crippen molar-refractivity contribution in [3.63, 3.8) is 0 Å². The summed E-state index contributed by atoms with van der Waals surface area (Å²) in [5.41, 5.74) is 6.11. The highest BCUT2D eigenvalue weighted by molar-refractivity contribution is 5.17. The highest BCUT2D eigenvalue weighted by Crippen LogP contribution is 2.36. The average molecular weight is 297 g/mol.